The number of rotatable bonds is 5. The van der Waals surface area contributed by atoms with Gasteiger partial charge in [0, 0.05) is 0 Å². The van der Waals surface area contributed by atoms with Crippen molar-refractivity contribution in [3.63, 3.8) is 0 Å². The topological polar surface area (TPSA) is 62.7 Å². The number of amidine groups is 1. The number of ether oxygens (including phenoxy) is 1. The molecule has 1 aromatic carbocycles. The van der Waals surface area contributed by atoms with E-state index in [0.717, 1.165) is 12.8 Å². The molecule has 0 bridgehead atoms. The minimum atomic E-state index is -1.76. The molecule has 1 atom stereocenters. The van der Waals surface area contributed by atoms with Crippen molar-refractivity contribution in [2.45, 2.75) is 22.8 Å². The second-order valence-electron chi connectivity index (χ2n) is 4.99. The number of para-hydroxylation sites is 2. The molecule has 5 nitrogen and oxygen atoms in total. The molecule has 1 aliphatic carbocycles. The normalized spacial score (nSPS) is 16.6. The molecule has 1 saturated carbocycles. The van der Waals surface area contributed by atoms with E-state index in [-0.39, 0.29) is 11.8 Å². The van der Waals surface area contributed by atoms with Crippen molar-refractivity contribution in [1.29, 1.82) is 0 Å². The standard InChI is InChI=1S/C14H15Cl3N3O2Se/c1-22-10-5-3-2-4-9(10)18-13(23)20-12(14(15,16)17)19-11(21)8-6-7-8/h2-5,8,12H,6-7H2,1H3,(H,18,20)(H,19,21). The number of carbonyl (C=O) groups is 1. The number of aliphatic imine (C=N–C) groups is 1. The molecule has 1 aliphatic rings. The maximum absolute atomic E-state index is 11.9. The number of hydrogen-bond acceptors (Lipinski definition) is 3. The quantitative estimate of drug-likeness (QED) is 0.319. The fraction of sp³-hybridized carbons (Fsp3) is 0.429. The first-order valence-corrected chi connectivity index (χ1v) is 8.82. The second-order valence-corrected chi connectivity index (χ2v) is 8.17. The van der Waals surface area contributed by atoms with Crippen molar-refractivity contribution >= 4 is 67.1 Å². The van der Waals surface area contributed by atoms with E-state index in [1.165, 1.54) is 0 Å². The van der Waals surface area contributed by atoms with Crippen LogP contribution in [0.25, 0.3) is 0 Å². The summed E-state index contributed by atoms with van der Waals surface area (Å²) < 4.78 is 3.84. The molecule has 0 aliphatic heterocycles. The molecule has 2 N–H and O–H groups in total. The molecule has 1 aromatic rings. The van der Waals surface area contributed by atoms with Crippen molar-refractivity contribution in [2.24, 2.45) is 10.9 Å². The number of anilines is 1. The fourth-order valence-corrected chi connectivity index (χ4v) is 2.56. The first-order chi connectivity index (χ1) is 10.8. The predicted molar refractivity (Wildman–Crippen MR) is 94.8 cm³/mol. The third kappa shape index (κ3) is 5.73. The zero-order valence-electron chi connectivity index (χ0n) is 12.2. The number of halogens is 3. The Morgan fingerprint density at radius 1 is 1.39 bits per heavy atom. The van der Waals surface area contributed by atoms with Crippen LogP contribution in [-0.2, 0) is 4.79 Å². The fourth-order valence-electron chi connectivity index (χ4n) is 1.80. The molecule has 125 valence electrons. The van der Waals surface area contributed by atoms with Crippen molar-refractivity contribution in [2.75, 3.05) is 12.4 Å². The van der Waals surface area contributed by atoms with Crippen LogP contribution in [0.1, 0.15) is 12.8 Å². The van der Waals surface area contributed by atoms with Crippen LogP contribution >= 0.6 is 34.8 Å². The first kappa shape index (κ1) is 18.7. The van der Waals surface area contributed by atoms with Gasteiger partial charge in [-0.25, -0.2) is 0 Å². The first-order valence-electron chi connectivity index (χ1n) is 6.83. The Morgan fingerprint density at radius 2 is 2.04 bits per heavy atom. The summed E-state index contributed by atoms with van der Waals surface area (Å²) in [4.78, 5) is 16.1. The van der Waals surface area contributed by atoms with E-state index in [1.54, 1.807) is 13.2 Å². The molecule has 2 rings (SSSR count). The number of hydrogen-bond donors (Lipinski definition) is 2. The van der Waals surface area contributed by atoms with Crippen LogP contribution in [-0.4, -0.2) is 43.7 Å². The van der Waals surface area contributed by atoms with Crippen LogP contribution < -0.4 is 15.4 Å². The van der Waals surface area contributed by atoms with Gasteiger partial charge in [-0.3, -0.25) is 0 Å². The van der Waals surface area contributed by atoms with Crippen LogP contribution in [0.3, 0.4) is 0 Å². The van der Waals surface area contributed by atoms with Gasteiger partial charge in [-0.05, 0) is 0 Å². The summed E-state index contributed by atoms with van der Waals surface area (Å²) in [5, 5.41) is 5.67. The summed E-state index contributed by atoms with van der Waals surface area (Å²) in [5.41, 5.74) is 0.698. The molecule has 23 heavy (non-hydrogen) atoms. The summed E-state index contributed by atoms with van der Waals surface area (Å²) in [6.45, 7) is 0. The van der Waals surface area contributed by atoms with E-state index < -0.39 is 9.96 Å². The number of carbonyl (C=O) groups excluding carboxylic acids is 1. The van der Waals surface area contributed by atoms with Gasteiger partial charge in [0.15, 0.2) is 0 Å². The summed E-state index contributed by atoms with van der Waals surface area (Å²) in [6, 6.07) is 7.31. The van der Waals surface area contributed by atoms with E-state index in [2.05, 4.69) is 31.6 Å². The Balaban J connectivity index is 2.12. The molecule has 9 heteroatoms. The number of benzene rings is 1. The van der Waals surface area contributed by atoms with E-state index in [0.29, 0.717) is 16.2 Å². The Morgan fingerprint density at radius 3 is 2.61 bits per heavy atom. The van der Waals surface area contributed by atoms with Crippen LogP contribution in [0, 0.1) is 5.92 Å². The summed E-state index contributed by atoms with van der Waals surface area (Å²) >= 11 is 20.5. The van der Waals surface area contributed by atoms with Crippen LogP contribution in [0.2, 0.25) is 0 Å². The van der Waals surface area contributed by atoms with Crippen LogP contribution in [0.4, 0.5) is 5.69 Å². The van der Waals surface area contributed by atoms with Gasteiger partial charge in [0.25, 0.3) is 0 Å². The Labute approximate surface area is 157 Å². The van der Waals surface area contributed by atoms with Crippen molar-refractivity contribution < 1.29 is 9.53 Å². The van der Waals surface area contributed by atoms with Gasteiger partial charge in [-0.2, -0.15) is 0 Å². The van der Waals surface area contributed by atoms with Crippen LogP contribution in [0.15, 0.2) is 29.3 Å². The van der Waals surface area contributed by atoms with E-state index in [9.17, 15) is 4.79 Å². The molecule has 0 aromatic heterocycles. The number of alkyl halides is 3. The number of nitrogens with zero attached hydrogens (tertiary/aromatic N) is 1. The molecule has 1 radical (unpaired) electrons. The molecule has 1 fully saturated rings. The van der Waals surface area contributed by atoms with E-state index in [4.69, 9.17) is 39.5 Å². The molecule has 0 saturated heterocycles. The van der Waals surface area contributed by atoms with Gasteiger partial charge in [0.1, 0.15) is 0 Å². The van der Waals surface area contributed by atoms with Crippen LogP contribution in [0.5, 0.6) is 5.75 Å². The van der Waals surface area contributed by atoms with Crippen molar-refractivity contribution in [1.82, 2.24) is 5.32 Å². The van der Waals surface area contributed by atoms with Gasteiger partial charge in [-0.15, -0.1) is 0 Å². The second kappa shape index (κ2) is 7.95. The minimum absolute atomic E-state index is 0.00786. The Hall–Kier alpha value is -0.651. The molecular formula is C14H15Cl3N3O2Se. The average Bonchev–Trinajstić information content (AvgIpc) is 3.30. The molecule has 1 unspecified atom stereocenters. The summed E-state index contributed by atoms with van der Waals surface area (Å²) in [7, 11) is 1.57. The molecule has 0 spiro atoms. The summed E-state index contributed by atoms with van der Waals surface area (Å²) in [5.74, 6) is 0.476. The molecule has 0 heterocycles. The van der Waals surface area contributed by atoms with Gasteiger partial charge in [0.2, 0.25) is 0 Å². The van der Waals surface area contributed by atoms with Gasteiger partial charge in [0.05, 0.1) is 0 Å². The Bertz CT molecular complexity index is 603. The predicted octanol–water partition coefficient (Wildman–Crippen LogP) is 2.85. The van der Waals surface area contributed by atoms with Gasteiger partial charge < -0.3 is 0 Å². The van der Waals surface area contributed by atoms with Gasteiger partial charge >= 0.3 is 158 Å². The molecular weight excluding hydrogens is 427 g/mol. The van der Waals surface area contributed by atoms with E-state index >= 15 is 0 Å². The van der Waals surface area contributed by atoms with E-state index in [1.807, 2.05) is 18.2 Å². The third-order valence-corrected chi connectivity index (χ3v) is 4.19. The average molecular weight is 443 g/mol. The zero-order chi connectivity index (χ0) is 17.0. The maximum atomic E-state index is 11.9. The number of methoxy groups -OCH3 is 1. The monoisotopic (exact) mass is 442 g/mol. The molecule has 1 amide bonds. The van der Waals surface area contributed by atoms with Crippen molar-refractivity contribution in [3.05, 3.63) is 24.3 Å². The number of nitrogens with one attached hydrogen (secondary N) is 2. The third-order valence-electron chi connectivity index (χ3n) is 3.13. The van der Waals surface area contributed by atoms with Crippen molar-refractivity contribution in [3.8, 4) is 5.75 Å². The zero-order valence-corrected chi connectivity index (χ0v) is 16.2. The van der Waals surface area contributed by atoms with Gasteiger partial charge in [-0.1, -0.05) is 0 Å². The number of amides is 1. The SMILES string of the molecule is COc1ccccc1NC([Se])=NC(NC(=O)C1CC1)C(Cl)(Cl)Cl. The summed E-state index contributed by atoms with van der Waals surface area (Å²) in [6.07, 6.45) is 0.707. The Kier molecular flexibility index (Phi) is 6.46.